The van der Waals surface area contributed by atoms with Gasteiger partial charge in [0.2, 0.25) is 29.5 Å². The smallest absolute Gasteiger partial charge is 0.410 e. The molecule has 0 bridgehead atoms. The molecule has 2 aliphatic heterocycles. The normalized spacial score (nSPS) is 16.5. The summed E-state index contributed by atoms with van der Waals surface area (Å²) in [6.07, 6.45) is 3.64. The Morgan fingerprint density at radius 3 is 1.90 bits per heavy atom. The van der Waals surface area contributed by atoms with Crippen molar-refractivity contribution in [1.29, 1.82) is 0 Å². The first-order chi connectivity index (χ1) is 50.0. The number of ketones is 2. The van der Waals surface area contributed by atoms with Gasteiger partial charge in [-0.05, 0) is 85.5 Å². The predicted molar refractivity (Wildman–Crippen MR) is 393 cm³/mol. The second-order valence-electron chi connectivity index (χ2n) is 28.3. The summed E-state index contributed by atoms with van der Waals surface area (Å²) in [5.74, 6) is -7.74. The quantitative estimate of drug-likeness (QED) is 0.0253. The molecule has 2 heterocycles. The van der Waals surface area contributed by atoms with Crippen LogP contribution < -0.4 is 27.0 Å². The first-order valence-electron chi connectivity index (χ1n) is 37.0. The Kier molecular flexibility index (Phi) is 39.7. The number of nitrogens with zero attached hydrogens (tertiary/aromatic N) is 4. The number of likely N-dealkylation sites (N-methyl/N-ethyl adjacent to an activating group) is 2. The van der Waals surface area contributed by atoms with Crippen LogP contribution in [-0.4, -0.2) is 228 Å². The Morgan fingerprint density at radius 2 is 1.31 bits per heavy atom. The number of methoxy groups -OCH3 is 3. The minimum absolute atomic E-state index is 0.0424. The number of hydrogen-bond acceptors (Lipinski definition) is 19. The third-order valence-corrected chi connectivity index (χ3v) is 19.6. The maximum Gasteiger partial charge on any atom is 0.410 e. The van der Waals surface area contributed by atoms with Gasteiger partial charge in [0.1, 0.15) is 19.3 Å². The zero-order valence-electron chi connectivity index (χ0n) is 64.3. The van der Waals surface area contributed by atoms with Gasteiger partial charge in [0.25, 0.3) is 11.8 Å². The molecule has 0 spiro atoms. The molecule has 6 N–H and O–H groups in total. The molecule has 1 unspecified atom stereocenters. The van der Waals surface area contributed by atoms with E-state index in [1.54, 1.807) is 82.8 Å². The van der Waals surface area contributed by atoms with Crippen LogP contribution >= 0.6 is 0 Å². The van der Waals surface area contributed by atoms with Crippen LogP contribution in [-0.2, 0) is 94.1 Å². The summed E-state index contributed by atoms with van der Waals surface area (Å²) in [5, 5.41) is 11.1. The Morgan fingerprint density at radius 1 is 0.667 bits per heavy atom. The number of nitrogens with two attached hydrogens (primary N) is 1. The summed E-state index contributed by atoms with van der Waals surface area (Å²) in [6, 6.07) is 10.9. The maximum absolute atomic E-state index is 15.0. The van der Waals surface area contributed by atoms with E-state index in [2.05, 4.69) is 21.3 Å². The van der Waals surface area contributed by atoms with Crippen molar-refractivity contribution >= 4 is 76.7 Å². The molecule has 0 radical (unpaired) electrons. The fraction of sp³-hybridized carbons (Fsp3) is 0.662. The zero-order chi connectivity index (χ0) is 77.9. The molecule has 2 aromatic rings. The molecule has 2 aliphatic rings. The first-order valence-corrected chi connectivity index (χ1v) is 37.0. The maximum atomic E-state index is 15.0. The Hall–Kier alpha value is -8.18. The molecule has 1 fully saturated rings. The molecule has 0 aromatic heterocycles. The number of amides is 10. The van der Waals surface area contributed by atoms with Crippen molar-refractivity contribution in [3.8, 4) is 0 Å². The van der Waals surface area contributed by atoms with Crippen molar-refractivity contribution in [3.63, 3.8) is 0 Å². The van der Waals surface area contributed by atoms with E-state index >= 15 is 0 Å². The van der Waals surface area contributed by atoms with Crippen molar-refractivity contribution in [2.75, 3.05) is 100 Å². The van der Waals surface area contributed by atoms with E-state index in [-0.39, 0.29) is 130 Å². The number of benzene rings is 2. The molecule has 28 nitrogen and oxygen atoms in total. The number of ether oxygens (including phenoxy) is 7. The second kappa shape index (κ2) is 46.7. The average molecular weight is 1470 g/mol. The molecule has 586 valence electrons. The van der Waals surface area contributed by atoms with E-state index in [1.165, 1.54) is 38.3 Å². The summed E-state index contributed by atoms with van der Waals surface area (Å²) < 4.78 is 39.5. The number of carbonyl (C=O) groups excluding carboxylic acids is 12. The van der Waals surface area contributed by atoms with Crippen LogP contribution in [0.15, 0.2) is 66.7 Å². The number of primary amides is 1. The highest BCUT2D eigenvalue weighted by atomic mass is 16.6. The number of rotatable bonds is 50. The fourth-order valence-electron chi connectivity index (χ4n) is 13.5. The van der Waals surface area contributed by atoms with E-state index in [1.807, 2.05) is 58.0 Å². The van der Waals surface area contributed by atoms with Gasteiger partial charge in [-0.2, -0.15) is 0 Å². The predicted octanol–water partition coefficient (Wildman–Crippen LogP) is 6.97. The summed E-state index contributed by atoms with van der Waals surface area (Å²) in [7, 11) is 7.71. The number of esters is 1. The lowest BCUT2D eigenvalue weighted by Gasteiger charge is -2.41. The molecule has 4 rings (SSSR count). The van der Waals surface area contributed by atoms with E-state index < -0.39 is 96.0 Å². The van der Waals surface area contributed by atoms with Gasteiger partial charge < -0.3 is 74.9 Å². The fourth-order valence-corrected chi connectivity index (χ4v) is 13.5. The van der Waals surface area contributed by atoms with E-state index in [0.717, 1.165) is 10.5 Å². The standard InChI is InChI=1S/C77H119N9O19/c1-15-52(8)70(63(100-13)47-67(92)85-37-23-27-60(85)71(101-14)53(9)72(93)81-59(44-54-24-18-16-19-25-54)75(96)104-43-42-103-41-40-102-39-38-99-12)83(10)74(95)58(49(2)3)46-62(88)69(51(6)7)84(11)77(98)105-48-55-29-31-57(32-30-55)80-73(94)56(26-22-35-79-76(78)97)45-61(87)68(50(4)5)82-64(89)28-20-17-21-36-86-65(90)33-34-66(86)91/h16,18-19,24-25,29-34,49-53,56,58-60,63,68-71H,15,17,20-23,26-28,35-48H2,1-14H3,(H,80,94)(H,81,93)(H,82,89)(H3,78,79,97)/t52-,53+,56+,58-,59-,60-,63?,68-,69-,70-,71+/m0/s1. The van der Waals surface area contributed by atoms with Gasteiger partial charge in [-0.1, -0.05) is 118 Å². The van der Waals surface area contributed by atoms with Crippen molar-refractivity contribution in [2.24, 2.45) is 47.2 Å². The summed E-state index contributed by atoms with van der Waals surface area (Å²) in [4.78, 5) is 168. The molecular formula is C77H119N9O19. The average Bonchev–Trinajstić information content (AvgIpc) is 1.71. The van der Waals surface area contributed by atoms with Crippen LogP contribution in [0.5, 0.6) is 0 Å². The van der Waals surface area contributed by atoms with Gasteiger partial charge in [0.05, 0.1) is 81.7 Å². The van der Waals surface area contributed by atoms with Crippen LogP contribution in [0.2, 0.25) is 0 Å². The van der Waals surface area contributed by atoms with Crippen LogP contribution in [0.4, 0.5) is 15.3 Å². The third kappa shape index (κ3) is 29.2. The molecular weight excluding hydrogens is 1350 g/mol. The van der Waals surface area contributed by atoms with Gasteiger partial charge in [-0.25, -0.2) is 14.4 Å². The molecule has 10 amide bonds. The number of unbranched alkanes of at least 4 members (excludes halogenated alkanes) is 2. The lowest BCUT2D eigenvalue weighted by atomic mass is 9.83. The van der Waals surface area contributed by atoms with Crippen LogP contribution in [0.25, 0.3) is 0 Å². The number of hydrogen-bond donors (Lipinski definition) is 5. The number of anilines is 1. The van der Waals surface area contributed by atoms with Gasteiger partial charge in [-0.3, -0.25) is 48.1 Å². The third-order valence-electron chi connectivity index (χ3n) is 19.6. The minimum Gasteiger partial charge on any atom is -0.462 e. The summed E-state index contributed by atoms with van der Waals surface area (Å²) in [6.45, 7) is 18.7. The largest absolute Gasteiger partial charge is 0.462 e. The topological polar surface area (TPSA) is 357 Å². The van der Waals surface area contributed by atoms with Gasteiger partial charge in [0, 0.05) is 110 Å². The minimum atomic E-state index is -1.04. The van der Waals surface area contributed by atoms with Crippen molar-refractivity contribution in [3.05, 3.63) is 77.9 Å². The van der Waals surface area contributed by atoms with E-state index in [4.69, 9.17) is 38.9 Å². The molecule has 0 aliphatic carbocycles. The van der Waals surface area contributed by atoms with Crippen molar-refractivity contribution in [2.45, 2.75) is 195 Å². The molecule has 0 saturated carbocycles. The van der Waals surface area contributed by atoms with E-state index in [0.29, 0.717) is 89.2 Å². The summed E-state index contributed by atoms with van der Waals surface area (Å²) in [5.41, 5.74) is 7.00. The lowest BCUT2D eigenvalue weighted by Crippen LogP contribution is -2.55. The molecule has 28 heteroatoms. The highest BCUT2D eigenvalue weighted by Gasteiger charge is 2.44. The lowest BCUT2D eigenvalue weighted by molar-refractivity contribution is -0.151. The number of carbonyl (C=O) groups is 12. The molecule has 2 aromatic carbocycles. The van der Waals surface area contributed by atoms with Gasteiger partial charge >= 0.3 is 18.1 Å². The highest BCUT2D eigenvalue weighted by molar-refractivity contribution is 6.12. The van der Waals surface area contributed by atoms with Crippen molar-refractivity contribution in [1.82, 2.24) is 35.6 Å². The monoisotopic (exact) mass is 1470 g/mol. The number of imide groups is 1. The SMILES string of the molecule is CC[C@H](C)[C@@H](C(CC(=O)N1CCC[C@H]1[C@H](OC)[C@@H](C)C(=O)N[C@@H](Cc1ccccc1)C(=O)OCCOCCOCCOC)OC)N(C)C(=O)[C@@H](CC(=O)[C@H](C(C)C)N(C)C(=O)OCc1ccc(NC(=O)[C@H](CCCNC(N)=O)CC(=O)[C@@H](NC(=O)CCCCCN2C(=O)C=CC2=O)C(C)C)cc1)C(C)C. The Bertz CT molecular complexity index is 3130. The Balaban J connectivity index is 1.38. The highest BCUT2D eigenvalue weighted by Crippen LogP contribution is 2.32. The number of Topliss-reactive ketones (excluding diaryl/α,β-unsaturated/α-hetero) is 2. The van der Waals surface area contributed by atoms with Crippen LogP contribution in [0, 0.1) is 41.4 Å². The Labute approximate surface area is 620 Å². The van der Waals surface area contributed by atoms with Crippen molar-refractivity contribution < 1.29 is 90.7 Å². The number of nitrogens with one attached hydrogen (secondary N) is 4. The summed E-state index contributed by atoms with van der Waals surface area (Å²) >= 11 is 0. The molecule has 11 atom stereocenters. The van der Waals surface area contributed by atoms with Gasteiger partial charge in [0.15, 0.2) is 11.6 Å². The molecule has 105 heavy (non-hydrogen) atoms. The zero-order valence-corrected chi connectivity index (χ0v) is 64.3. The van der Waals surface area contributed by atoms with Gasteiger partial charge in [-0.15, -0.1) is 0 Å². The van der Waals surface area contributed by atoms with E-state index in [9.17, 15) is 57.5 Å². The van der Waals surface area contributed by atoms with Crippen LogP contribution in [0.3, 0.4) is 0 Å². The number of urea groups is 1. The number of likely N-dealkylation sites (tertiary alicyclic amines) is 1. The van der Waals surface area contributed by atoms with Crippen LogP contribution in [0.1, 0.15) is 150 Å². The molecule has 1 saturated heterocycles. The first kappa shape index (κ1) is 89.2. The second-order valence-corrected chi connectivity index (χ2v) is 28.3.